The van der Waals surface area contributed by atoms with Crippen LogP contribution in [0.1, 0.15) is 12.0 Å². The summed E-state index contributed by atoms with van der Waals surface area (Å²) < 4.78 is 16.6. The Labute approximate surface area is 169 Å². The van der Waals surface area contributed by atoms with Crippen LogP contribution in [0, 0.1) is 0 Å². The number of rotatable bonds is 5. The molecule has 148 valence electrons. The fourth-order valence-electron chi connectivity index (χ4n) is 3.40. The van der Waals surface area contributed by atoms with E-state index in [1.165, 1.54) is 0 Å². The smallest absolute Gasteiger partial charge is 0.224 e. The SMILES string of the molecule is O=C(CCc1ccc2c(c1)OCCO2)Nc1cc(Cl)ccc1N1CCOCC1. The average Bonchev–Trinajstić information content (AvgIpc) is 2.73. The maximum absolute atomic E-state index is 12.6. The fraction of sp³-hybridized carbons (Fsp3) is 0.381. The van der Waals surface area contributed by atoms with Gasteiger partial charge in [0.1, 0.15) is 13.2 Å². The Kier molecular flexibility index (Phi) is 5.88. The zero-order valence-corrected chi connectivity index (χ0v) is 16.3. The first-order valence-electron chi connectivity index (χ1n) is 9.50. The number of carbonyl (C=O) groups excluding carboxylic acids is 1. The van der Waals surface area contributed by atoms with Crippen LogP contribution in [-0.2, 0) is 16.0 Å². The molecule has 0 bridgehead atoms. The van der Waals surface area contributed by atoms with Gasteiger partial charge in [0.15, 0.2) is 11.5 Å². The molecule has 0 aromatic heterocycles. The minimum Gasteiger partial charge on any atom is -0.486 e. The molecule has 7 heteroatoms. The molecule has 4 rings (SSSR count). The van der Waals surface area contributed by atoms with E-state index in [9.17, 15) is 4.79 Å². The summed E-state index contributed by atoms with van der Waals surface area (Å²) in [4.78, 5) is 14.8. The number of carbonyl (C=O) groups is 1. The number of nitrogens with one attached hydrogen (secondary N) is 1. The maximum Gasteiger partial charge on any atom is 0.224 e. The fourth-order valence-corrected chi connectivity index (χ4v) is 3.57. The standard InChI is InChI=1S/C21H23ClN2O4/c22-16-3-4-18(24-7-9-26-10-8-24)17(14-16)23-21(25)6-2-15-1-5-19-20(13-15)28-12-11-27-19/h1,3-5,13-14H,2,6-12H2,(H,23,25). The van der Waals surface area contributed by atoms with Gasteiger partial charge in [-0.05, 0) is 42.3 Å². The summed E-state index contributed by atoms with van der Waals surface area (Å²) in [7, 11) is 0. The van der Waals surface area contributed by atoms with Gasteiger partial charge in [-0.2, -0.15) is 0 Å². The van der Waals surface area contributed by atoms with Crippen LogP contribution in [0.25, 0.3) is 0 Å². The minimum atomic E-state index is -0.0494. The van der Waals surface area contributed by atoms with Crippen LogP contribution in [0.2, 0.25) is 5.02 Å². The molecule has 28 heavy (non-hydrogen) atoms. The van der Waals surface area contributed by atoms with E-state index in [4.69, 9.17) is 25.8 Å². The Morgan fingerprint density at radius 2 is 1.79 bits per heavy atom. The molecule has 6 nitrogen and oxygen atoms in total. The first kappa shape index (κ1) is 18.9. The molecule has 1 fully saturated rings. The molecule has 0 atom stereocenters. The first-order chi connectivity index (χ1) is 13.7. The Balaban J connectivity index is 1.40. The van der Waals surface area contributed by atoms with Crippen LogP contribution in [0.4, 0.5) is 11.4 Å². The highest BCUT2D eigenvalue weighted by molar-refractivity contribution is 6.31. The van der Waals surface area contributed by atoms with Crippen molar-refractivity contribution in [2.24, 2.45) is 0 Å². The first-order valence-corrected chi connectivity index (χ1v) is 9.87. The number of benzene rings is 2. The lowest BCUT2D eigenvalue weighted by Gasteiger charge is -2.30. The Bertz CT molecular complexity index is 852. The predicted octanol–water partition coefficient (Wildman–Crippen LogP) is 3.52. The lowest BCUT2D eigenvalue weighted by Crippen LogP contribution is -2.36. The van der Waals surface area contributed by atoms with E-state index in [1.807, 2.05) is 30.3 Å². The van der Waals surface area contributed by atoms with Crippen molar-refractivity contribution in [3.8, 4) is 11.5 Å². The monoisotopic (exact) mass is 402 g/mol. The van der Waals surface area contributed by atoms with Crippen molar-refractivity contribution in [3.63, 3.8) is 0 Å². The van der Waals surface area contributed by atoms with Crippen LogP contribution in [0.5, 0.6) is 11.5 Å². The summed E-state index contributed by atoms with van der Waals surface area (Å²) in [5.74, 6) is 1.45. The molecule has 2 aliphatic rings. The maximum atomic E-state index is 12.6. The van der Waals surface area contributed by atoms with Crippen molar-refractivity contribution in [2.75, 3.05) is 49.7 Å². The molecule has 0 saturated carbocycles. The number of hydrogen-bond donors (Lipinski definition) is 1. The topological polar surface area (TPSA) is 60.0 Å². The van der Waals surface area contributed by atoms with Gasteiger partial charge in [-0.3, -0.25) is 4.79 Å². The molecule has 0 spiro atoms. The van der Waals surface area contributed by atoms with Gasteiger partial charge in [0.2, 0.25) is 5.91 Å². The summed E-state index contributed by atoms with van der Waals surface area (Å²) in [6, 6.07) is 11.4. The molecule has 0 unspecified atom stereocenters. The minimum absolute atomic E-state index is 0.0494. The number of aryl methyl sites for hydroxylation is 1. The number of nitrogens with zero attached hydrogens (tertiary/aromatic N) is 1. The van der Waals surface area contributed by atoms with Gasteiger partial charge in [0.05, 0.1) is 24.6 Å². The summed E-state index contributed by atoms with van der Waals surface area (Å²) in [5, 5.41) is 3.62. The largest absolute Gasteiger partial charge is 0.486 e. The van der Waals surface area contributed by atoms with Gasteiger partial charge in [0, 0.05) is 24.5 Å². The molecule has 1 amide bonds. The summed E-state index contributed by atoms with van der Waals surface area (Å²) in [6.45, 7) is 4.07. The molecule has 0 aliphatic carbocycles. The van der Waals surface area contributed by atoms with Crippen LogP contribution in [-0.4, -0.2) is 45.4 Å². The van der Waals surface area contributed by atoms with Crippen molar-refractivity contribution in [2.45, 2.75) is 12.8 Å². The second kappa shape index (κ2) is 8.71. The summed E-state index contributed by atoms with van der Waals surface area (Å²) in [5.41, 5.74) is 2.75. The third-order valence-electron chi connectivity index (χ3n) is 4.83. The van der Waals surface area contributed by atoms with Crippen LogP contribution >= 0.6 is 11.6 Å². The highest BCUT2D eigenvalue weighted by Crippen LogP contribution is 2.32. The molecular formula is C21H23ClN2O4. The number of amides is 1. The van der Waals surface area contributed by atoms with Gasteiger partial charge < -0.3 is 24.4 Å². The molecule has 2 aliphatic heterocycles. The number of hydrogen-bond acceptors (Lipinski definition) is 5. The van der Waals surface area contributed by atoms with E-state index in [0.29, 0.717) is 44.3 Å². The number of ether oxygens (including phenoxy) is 3. The number of anilines is 2. The van der Waals surface area contributed by atoms with Crippen molar-refractivity contribution in [1.29, 1.82) is 0 Å². The highest BCUT2D eigenvalue weighted by atomic mass is 35.5. The molecule has 2 aromatic carbocycles. The van der Waals surface area contributed by atoms with E-state index in [1.54, 1.807) is 6.07 Å². The average molecular weight is 403 g/mol. The molecule has 2 heterocycles. The zero-order valence-electron chi connectivity index (χ0n) is 15.6. The Morgan fingerprint density at radius 1 is 1.00 bits per heavy atom. The molecule has 1 N–H and O–H groups in total. The van der Waals surface area contributed by atoms with E-state index in [2.05, 4.69) is 10.2 Å². The Hall–Kier alpha value is -2.44. The summed E-state index contributed by atoms with van der Waals surface area (Å²) >= 11 is 6.16. The normalized spacial score (nSPS) is 16.0. The lowest BCUT2D eigenvalue weighted by atomic mass is 10.1. The van der Waals surface area contributed by atoms with Gasteiger partial charge in [-0.15, -0.1) is 0 Å². The number of halogens is 1. The van der Waals surface area contributed by atoms with Crippen LogP contribution in [0.15, 0.2) is 36.4 Å². The zero-order chi connectivity index (χ0) is 19.3. The molecular weight excluding hydrogens is 380 g/mol. The number of morpholine rings is 1. The third kappa shape index (κ3) is 4.51. The second-order valence-corrected chi connectivity index (χ2v) is 7.22. The van der Waals surface area contributed by atoms with Crippen LogP contribution < -0.4 is 19.7 Å². The predicted molar refractivity (Wildman–Crippen MR) is 109 cm³/mol. The second-order valence-electron chi connectivity index (χ2n) is 6.79. The molecule has 2 aromatic rings. The lowest BCUT2D eigenvalue weighted by molar-refractivity contribution is -0.116. The van der Waals surface area contributed by atoms with Gasteiger partial charge in [-0.1, -0.05) is 17.7 Å². The Morgan fingerprint density at radius 3 is 2.61 bits per heavy atom. The summed E-state index contributed by atoms with van der Waals surface area (Å²) in [6.07, 6.45) is 0.991. The van der Waals surface area contributed by atoms with Crippen LogP contribution in [0.3, 0.4) is 0 Å². The van der Waals surface area contributed by atoms with Crippen molar-refractivity contribution in [1.82, 2.24) is 0 Å². The number of fused-ring (bicyclic) bond motifs is 1. The van der Waals surface area contributed by atoms with Gasteiger partial charge in [0.25, 0.3) is 0 Å². The quantitative estimate of drug-likeness (QED) is 0.829. The molecule has 1 saturated heterocycles. The molecule has 0 radical (unpaired) electrons. The third-order valence-corrected chi connectivity index (χ3v) is 5.07. The van der Waals surface area contributed by atoms with E-state index >= 15 is 0 Å². The van der Waals surface area contributed by atoms with E-state index in [-0.39, 0.29) is 5.91 Å². The van der Waals surface area contributed by atoms with Crippen molar-refractivity contribution < 1.29 is 19.0 Å². The van der Waals surface area contributed by atoms with Gasteiger partial charge in [-0.25, -0.2) is 0 Å². The van der Waals surface area contributed by atoms with Crippen molar-refractivity contribution >= 4 is 28.9 Å². The van der Waals surface area contributed by atoms with E-state index in [0.717, 1.165) is 41.5 Å². The van der Waals surface area contributed by atoms with Gasteiger partial charge >= 0.3 is 0 Å². The van der Waals surface area contributed by atoms with Crippen molar-refractivity contribution in [3.05, 3.63) is 47.0 Å². The van der Waals surface area contributed by atoms with E-state index < -0.39 is 0 Å². The highest BCUT2D eigenvalue weighted by Gasteiger charge is 2.17.